The van der Waals surface area contributed by atoms with Gasteiger partial charge in [0, 0.05) is 0 Å². The van der Waals surface area contributed by atoms with Crippen molar-refractivity contribution < 1.29 is 0 Å². The summed E-state index contributed by atoms with van der Waals surface area (Å²) in [5, 5.41) is 2.11. The minimum absolute atomic E-state index is 0.824. The maximum atomic E-state index is 4.42. The van der Waals surface area contributed by atoms with Gasteiger partial charge in [0.2, 0.25) is 0 Å². The van der Waals surface area contributed by atoms with E-state index in [0.717, 1.165) is 30.7 Å². The van der Waals surface area contributed by atoms with Gasteiger partial charge < -0.3 is 0 Å². The van der Waals surface area contributed by atoms with Crippen molar-refractivity contribution in [2.75, 3.05) is 0 Å². The molecule has 0 fully saturated rings. The lowest BCUT2D eigenvalue weighted by Crippen LogP contribution is -1.78. The molecule has 0 unspecified atom stereocenters. The maximum Gasteiger partial charge on any atom is 0.172 e. The number of nitrogens with zero attached hydrogens (tertiary/aromatic N) is 3. The Kier molecular flexibility index (Phi) is 1.60. The molecule has 3 aromatic heterocycles. The molecule has 0 spiro atoms. The van der Waals surface area contributed by atoms with Crippen molar-refractivity contribution in [2.45, 2.75) is 13.8 Å². The number of hydrogen-bond acceptors (Lipinski definition) is 5. The van der Waals surface area contributed by atoms with Gasteiger partial charge in [-0.15, -0.1) is 22.7 Å². The Hall–Kier alpha value is -1.07. The number of pyridine rings is 1. The van der Waals surface area contributed by atoms with Crippen LogP contribution < -0.4 is 0 Å². The van der Waals surface area contributed by atoms with Crippen molar-refractivity contribution in [1.29, 1.82) is 0 Å². The Labute approximate surface area is 88.5 Å². The van der Waals surface area contributed by atoms with E-state index in [1.54, 1.807) is 22.7 Å². The molecule has 3 heterocycles. The quantitative estimate of drug-likeness (QED) is 0.586. The third-order valence-corrected chi connectivity index (χ3v) is 3.77. The SMILES string of the molecule is Cc1nc2nc3nc(C)sc3cc2s1. The van der Waals surface area contributed by atoms with Crippen LogP contribution in [-0.2, 0) is 0 Å². The highest BCUT2D eigenvalue weighted by atomic mass is 32.1. The first-order valence-electron chi connectivity index (χ1n) is 4.24. The predicted octanol–water partition coefficient (Wildman–Crippen LogP) is 2.92. The molecule has 3 nitrogen and oxygen atoms in total. The molecule has 0 atom stereocenters. The zero-order valence-corrected chi connectivity index (χ0v) is 9.37. The predicted molar refractivity (Wildman–Crippen MR) is 60.1 cm³/mol. The van der Waals surface area contributed by atoms with E-state index in [2.05, 4.69) is 21.0 Å². The number of fused-ring (bicyclic) bond motifs is 2. The topological polar surface area (TPSA) is 38.7 Å². The van der Waals surface area contributed by atoms with Gasteiger partial charge in [0.05, 0.1) is 19.4 Å². The van der Waals surface area contributed by atoms with Crippen molar-refractivity contribution in [3.05, 3.63) is 16.1 Å². The molecule has 70 valence electrons. The van der Waals surface area contributed by atoms with Gasteiger partial charge in [0.15, 0.2) is 11.3 Å². The second-order valence-electron chi connectivity index (χ2n) is 3.10. The lowest BCUT2D eigenvalue weighted by Gasteiger charge is -1.85. The summed E-state index contributed by atoms with van der Waals surface area (Å²) in [6, 6.07) is 2.13. The molecule has 14 heavy (non-hydrogen) atoms. The fourth-order valence-electron chi connectivity index (χ4n) is 1.43. The van der Waals surface area contributed by atoms with Crippen molar-refractivity contribution in [2.24, 2.45) is 0 Å². The van der Waals surface area contributed by atoms with Gasteiger partial charge in [-0.05, 0) is 19.9 Å². The van der Waals surface area contributed by atoms with Crippen LogP contribution in [0.15, 0.2) is 6.07 Å². The fraction of sp³-hybridized carbons (Fsp3) is 0.222. The molecule has 3 aromatic rings. The van der Waals surface area contributed by atoms with E-state index in [9.17, 15) is 0 Å². The van der Waals surface area contributed by atoms with Gasteiger partial charge in [-0.2, -0.15) is 0 Å². The number of aromatic nitrogens is 3. The minimum Gasteiger partial charge on any atom is -0.222 e. The highest BCUT2D eigenvalue weighted by Gasteiger charge is 2.07. The number of thiazole rings is 2. The molecule has 0 radical (unpaired) electrons. The Morgan fingerprint density at radius 1 is 0.857 bits per heavy atom. The van der Waals surface area contributed by atoms with Crippen molar-refractivity contribution >= 4 is 43.4 Å². The molecule has 5 heteroatoms. The molecular weight excluding hydrogens is 214 g/mol. The van der Waals surface area contributed by atoms with E-state index in [0.29, 0.717) is 0 Å². The van der Waals surface area contributed by atoms with Crippen LogP contribution in [0.4, 0.5) is 0 Å². The lowest BCUT2D eigenvalue weighted by molar-refractivity contribution is 1.25. The second kappa shape index (κ2) is 2.71. The average molecular weight is 221 g/mol. The highest BCUT2D eigenvalue weighted by Crippen LogP contribution is 2.27. The van der Waals surface area contributed by atoms with E-state index >= 15 is 0 Å². The summed E-state index contributed by atoms with van der Waals surface area (Å²) < 4.78 is 2.30. The summed E-state index contributed by atoms with van der Waals surface area (Å²) in [6.45, 7) is 4.00. The summed E-state index contributed by atoms with van der Waals surface area (Å²) in [7, 11) is 0. The molecule has 0 saturated heterocycles. The number of aryl methyl sites for hydroxylation is 2. The van der Waals surface area contributed by atoms with Crippen molar-refractivity contribution in [3.63, 3.8) is 0 Å². The van der Waals surface area contributed by atoms with E-state index in [1.807, 2.05) is 13.8 Å². The van der Waals surface area contributed by atoms with Crippen molar-refractivity contribution in [1.82, 2.24) is 15.0 Å². The van der Waals surface area contributed by atoms with Crippen LogP contribution in [0, 0.1) is 13.8 Å². The summed E-state index contributed by atoms with van der Waals surface area (Å²) in [5.41, 5.74) is 1.65. The van der Waals surface area contributed by atoms with E-state index < -0.39 is 0 Å². The third kappa shape index (κ3) is 1.13. The monoisotopic (exact) mass is 221 g/mol. The Bertz CT molecular complexity index is 521. The first-order chi connectivity index (χ1) is 6.72. The number of hydrogen-bond donors (Lipinski definition) is 0. The Morgan fingerprint density at radius 2 is 1.36 bits per heavy atom. The normalized spacial score (nSPS) is 11.6. The van der Waals surface area contributed by atoms with Gasteiger partial charge in [0.25, 0.3) is 0 Å². The first kappa shape index (κ1) is 8.26. The highest BCUT2D eigenvalue weighted by molar-refractivity contribution is 7.20. The summed E-state index contributed by atoms with van der Waals surface area (Å²) in [6.07, 6.45) is 0. The van der Waals surface area contributed by atoms with Gasteiger partial charge in [-0.3, -0.25) is 0 Å². The Balaban J connectivity index is 2.49. The Morgan fingerprint density at radius 3 is 1.86 bits per heavy atom. The molecule has 0 saturated carbocycles. The van der Waals surface area contributed by atoms with Crippen LogP contribution in [0.25, 0.3) is 20.7 Å². The zero-order valence-electron chi connectivity index (χ0n) is 7.74. The molecule has 0 aliphatic heterocycles. The summed E-state index contributed by atoms with van der Waals surface area (Å²) in [5.74, 6) is 0. The molecule has 0 aromatic carbocycles. The molecule has 3 rings (SSSR count). The van der Waals surface area contributed by atoms with E-state index in [1.165, 1.54) is 0 Å². The second-order valence-corrected chi connectivity index (χ2v) is 5.57. The number of rotatable bonds is 0. The van der Waals surface area contributed by atoms with E-state index in [-0.39, 0.29) is 0 Å². The van der Waals surface area contributed by atoms with Crippen LogP contribution in [0.5, 0.6) is 0 Å². The first-order valence-corrected chi connectivity index (χ1v) is 5.87. The van der Waals surface area contributed by atoms with Gasteiger partial charge in [0.1, 0.15) is 0 Å². The minimum atomic E-state index is 0.824. The van der Waals surface area contributed by atoms with Crippen molar-refractivity contribution in [3.8, 4) is 0 Å². The van der Waals surface area contributed by atoms with Crippen LogP contribution in [0.3, 0.4) is 0 Å². The maximum absolute atomic E-state index is 4.42. The molecule has 0 N–H and O–H groups in total. The molecule has 0 amide bonds. The fourth-order valence-corrected chi connectivity index (χ4v) is 3.13. The van der Waals surface area contributed by atoms with Crippen LogP contribution in [0.2, 0.25) is 0 Å². The molecule has 0 aliphatic rings. The van der Waals surface area contributed by atoms with Gasteiger partial charge >= 0.3 is 0 Å². The van der Waals surface area contributed by atoms with Crippen LogP contribution >= 0.6 is 22.7 Å². The molecular formula is C9H7N3S2. The lowest BCUT2D eigenvalue weighted by atomic mass is 10.4. The standard InChI is InChI=1S/C9H7N3S2/c1-4-10-8-6(13-4)3-7-9(12-8)11-5(2)14-7/h3H,1-2H3. The summed E-state index contributed by atoms with van der Waals surface area (Å²) in [4.78, 5) is 13.1. The average Bonchev–Trinajstić information content (AvgIpc) is 2.59. The molecule has 0 bridgehead atoms. The smallest absolute Gasteiger partial charge is 0.172 e. The van der Waals surface area contributed by atoms with E-state index in [4.69, 9.17) is 0 Å². The van der Waals surface area contributed by atoms with Gasteiger partial charge in [-0.25, -0.2) is 15.0 Å². The zero-order chi connectivity index (χ0) is 9.71. The third-order valence-electron chi connectivity index (χ3n) is 1.96. The van der Waals surface area contributed by atoms with Gasteiger partial charge in [-0.1, -0.05) is 0 Å². The molecule has 0 aliphatic carbocycles. The summed E-state index contributed by atoms with van der Waals surface area (Å²) >= 11 is 3.36. The van der Waals surface area contributed by atoms with Crippen LogP contribution in [-0.4, -0.2) is 15.0 Å². The largest absolute Gasteiger partial charge is 0.222 e. The van der Waals surface area contributed by atoms with Crippen LogP contribution in [0.1, 0.15) is 10.0 Å².